The molecule has 0 bridgehead atoms. The lowest BCUT2D eigenvalue weighted by Crippen LogP contribution is -2.52. The van der Waals surface area contributed by atoms with Crippen LogP contribution in [-0.4, -0.2) is 36.6 Å². The highest BCUT2D eigenvalue weighted by molar-refractivity contribution is 4.88. The Balaban J connectivity index is 1.81. The predicted molar refractivity (Wildman–Crippen MR) is 83.5 cm³/mol. The van der Waals surface area contributed by atoms with Crippen molar-refractivity contribution in [2.45, 2.75) is 77.8 Å². The minimum atomic E-state index is 0.748. The molecule has 2 rings (SSSR count). The second-order valence-electron chi connectivity index (χ2n) is 7.24. The smallest absolute Gasteiger partial charge is 0.0198 e. The first-order valence-electron chi connectivity index (χ1n) is 8.66. The lowest BCUT2D eigenvalue weighted by Gasteiger charge is -2.41. The molecular weight excluding hydrogens is 232 g/mol. The van der Waals surface area contributed by atoms with E-state index in [2.05, 4.69) is 31.0 Å². The summed E-state index contributed by atoms with van der Waals surface area (Å²) >= 11 is 0. The lowest BCUT2D eigenvalue weighted by molar-refractivity contribution is 0.0969. The molecule has 1 saturated carbocycles. The second kappa shape index (κ2) is 7.64. The Morgan fingerprint density at radius 2 is 1.89 bits per heavy atom. The molecule has 0 aromatic carbocycles. The van der Waals surface area contributed by atoms with E-state index in [1.807, 2.05) is 0 Å². The lowest BCUT2D eigenvalue weighted by atomic mass is 9.90. The largest absolute Gasteiger partial charge is 0.313 e. The van der Waals surface area contributed by atoms with E-state index in [1.54, 1.807) is 0 Å². The maximum atomic E-state index is 3.83. The molecule has 0 aromatic rings. The van der Waals surface area contributed by atoms with Crippen LogP contribution in [0, 0.1) is 11.8 Å². The van der Waals surface area contributed by atoms with E-state index in [9.17, 15) is 0 Å². The number of hydrogen-bond acceptors (Lipinski definition) is 2. The van der Waals surface area contributed by atoms with Crippen LogP contribution >= 0.6 is 0 Å². The fourth-order valence-electron chi connectivity index (χ4n) is 3.83. The number of nitrogens with zero attached hydrogens (tertiary/aromatic N) is 1. The Kier molecular flexibility index (Phi) is 6.15. The molecule has 1 aliphatic heterocycles. The Morgan fingerprint density at radius 1 is 1.16 bits per heavy atom. The molecule has 2 unspecified atom stereocenters. The molecule has 1 saturated heterocycles. The van der Waals surface area contributed by atoms with Crippen molar-refractivity contribution in [3.63, 3.8) is 0 Å². The standard InChI is InChI=1S/C17H34N2/c1-4-15-11-16(18-10-9-14(2)3)13-19(12-15)17-7-5-6-8-17/h14-18H,4-13H2,1-3H3. The molecule has 2 nitrogen and oxygen atoms in total. The number of likely N-dealkylation sites (tertiary alicyclic amines) is 1. The molecule has 0 spiro atoms. The van der Waals surface area contributed by atoms with Gasteiger partial charge in [-0.3, -0.25) is 4.90 Å². The van der Waals surface area contributed by atoms with Crippen molar-refractivity contribution in [1.29, 1.82) is 0 Å². The summed E-state index contributed by atoms with van der Waals surface area (Å²) in [6.07, 6.45) is 9.90. The zero-order valence-electron chi connectivity index (χ0n) is 13.3. The van der Waals surface area contributed by atoms with Crippen molar-refractivity contribution in [3.8, 4) is 0 Å². The third kappa shape index (κ3) is 4.75. The van der Waals surface area contributed by atoms with Crippen molar-refractivity contribution >= 4 is 0 Å². The second-order valence-corrected chi connectivity index (χ2v) is 7.24. The molecule has 1 heterocycles. The van der Waals surface area contributed by atoms with Crippen molar-refractivity contribution in [3.05, 3.63) is 0 Å². The SMILES string of the molecule is CCC1CC(NCCC(C)C)CN(C2CCCC2)C1. The van der Waals surface area contributed by atoms with E-state index in [0.717, 1.165) is 23.9 Å². The van der Waals surface area contributed by atoms with Gasteiger partial charge in [-0.25, -0.2) is 0 Å². The van der Waals surface area contributed by atoms with Crippen LogP contribution in [-0.2, 0) is 0 Å². The highest BCUT2D eigenvalue weighted by Crippen LogP contribution is 2.29. The van der Waals surface area contributed by atoms with Crippen LogP contribution in [0.25, 0.3) is 0 Å². The van der Waals surface area contributed by atoms with Crippen molar-refractivity contribution < 1.29 is 0 Å². The summed E-state index contributed by atoms with van der Waals surface area (Å²) in [6, 6.07) is 1.65. The molecular formula is C17H34N2. The number of rotatable bonds is 6. The van der Waals surface area contributed by atoms with Gasteiger partial charge in [-0.15, -0.1) is 0 Å². The molecule has 2 fully saturated rings. The molecule has 2 heteroatoms. The zero-order chi connectivity index (χ0) is 13.7. The topological polar surface area (TPSA) is 15.3 Å². The van der Waals surface area contributed by atoms with E-state index in [4.69, 9.17) is 0 Å². The summed E-state index contributed by atoms with van der Waals surface area (Å²) in [4.78, 5) is 2.82. The van der Waals surface area contributed by atoms with Gasteiger partial charge in [-0.05, 0) is 44.1 Å². The number of piperidine rings is 1. The zero-order valence-corrected chi connectivity index (χ0v) is 13.3. The monoisotopic (exact) mass is 266 g/mol. The van der Waals surface area contributed by atoms with E-state index >= 15 is 0 Å². The summed E-state index contributed by atoms with van der Waals surface area (Å²) in [5.41, 5.74) is 0. The Hall–Kier alpha value is -0.0800. The van der Waals surface area contributed by atoms with Gasteiger partial charge in [0.15, 0.2) is 0 Å². The maximum absolute atomic E-state index is 3.83. The van der Waals surface area contributed by atoms with Crippen LogP contribution in [0.15, 0.2) is 0 Å². The first-order valence-corrected chi connectivity index (χ1v) is 8.66. The maximum Gasteiger partial charge on any atom is 0.0198 e. The van der Waals surface area contributed by atoms with Gasteiger partial charge in [-0.2, -0.15) is 0 Å². The predicted octanol–water partition coefficient (Wildman–Crippen LogP) is 3.67. The highest BCUT2D eigenvalue weighted by atomic mass is 15.2. The average Bonchev–Trinajstić information content (AvgIpc) is 2.92. The Bertz CT molecular complexity index is 246. The summed E-state index contributed by atoms with van der Waals surface area (Å²) < 4.78 is 0. The minimum absolute atomic E-state index is 0.748. The van der Waals surface area contributed by atoms with Crippen molar-refractivity contribution in [1.82, 2.24) is 10.2 Å². The first-order chi connectivity index (χ1) is 9.19. The fourth-order valence-corrected chi connectivity index (χ4v) is 3.83. The van der Waals surface area contributed by atoms with Gasteiger partial charge in [-0.1, -0.05) is 40.0 Å². The normalized spacial score (nSPS) is 30.3. The third-order valence-electron chi connectivity index (χ3n) is 5.14. The van der Waals surface area contributed by atoms with Crippen LogP contribution in [0.5, 0.6) is 0 Å². The average molecular weight is 266 g/mol. The van der Waals surface area contributed by atoms with Gasteiger partial charge >= 0.3 is 0 Å². The van der Waals surface area contributed by atoms with Gasteiger partial charge in [0, 0.05) is 25.2 Å². The van der Waals surface area contributed by atoms with Crippen LogP contribution in [0.3, 0.4) is 0 Å². The highest BCUT2D eigenvalue weighted by Gasteiger charge is 2.31. The number of nitrogens with one attached hydrogen (secondary N) is 1. The van der Waals surface area contributed by atoms with Crippen LogP contribution < -0.4 is 5.32 Å². The summed E-state index contributed by atoms with van der Waals surface area (Å²) in [5.74, 6) is 1.75. The van der Waals surface area contributed by atoms with Crippen LogP contribution in [0.2, 0.25) is 0 Å². The van der Waals surface area contributed by atoms with Gasteiger partial charge in [0.25, 0.3) is 0 Å². The molecule has 0 amide bonds. The van der Waals surface area contributed by atoms with E-state index in [-0.39, 0.29) is 0 Å². The molecule has 2 atom stereocenters. The minimum Gasteiger partial charge on any atom is -0.313 e. The Labute approximate surface area is 120 Å². The van der Waals surface area contributed by atoms with E-state index in [0.29, 0.717) is 0 Å². The molecule has 1 aliphatic carbocycles. The molecule has 0 aromatic heterocycles. The van der Waals surface area contributed by atoms with Gasteiger partial charge < -0.3 is 5.32 Å². The van der Waals surface area contributed by atoms with Gasteiger partial charge in [0.05, 0.1) is 0 Å². The molecule has 112 valence electrons. The first kappa shape index (κ1) is 15.3. The van der Waals surface area contributed by atoms with Crippen LogP contribution in [0.1, 0.15) is 65.7 Å². The molecule has 1 N–H and O–H groups in total. The van der Waals surface area contributed by atoms with Crippen LogP contribution in [0.4, 0.5) is 0 Å². The third-order valence-corrected chi connectivity index (χ3v) is 5.14. The Morgan fingerprint density at radius 3 is 2.53 bits per heavy atom. The van der Waals surface area contributed by atoms with E-state index in [1.165, 1.54) is 64.6 Å². The summed E-state index contributed by atoms with van der Waals surface area (Å²) in [7, 11) is 0. The van der Waals surface area contributed by atoms with Crippen molar-refractivity contribution in [2.75, 3.05) is 19.6 Å². The summed E-state index contributed by atoms with van der Waals surface area (Å²) in [5, 5.41) is 3.83. The van der Waals surface area contributed by atoms with E-state index < -0.39 is 0 Å². The quantitative estimate of drug-likeness (QED) is 0.789. The summed E-state index contributed by atoms with van der Waals surface area (Å²) in [6.45, 7) is 10.9. The van der Waals surface area contributed by atoms with Gasteiger partial charge in [0.1, 0.15) is 0 Å². The molecule has 0 radical (unpaired) electrons. The molecule has 19 heavy (non-hydrogen) atoms. The van der Waals surface area contributed by atoms with Crippen molar-refractivity contribution in [2.24, 2.45) is 11.8 Å². The van der Waals surface area contributed by atoms with Gasteiger partial charge in [0.2, 0.25) is 0 Å². The molecule has 2 aliphatic rings. The fraction of sp³-hybridized carbons (Fsp3) is 1.00. The number of hydrogen-bond donors (Lipinski definition) is 1.